The molecular weight excluding hydrogens is 450 g/mol. The fraction of sp³-hybridized carbons (Fsp3) is 0.700. The number of alkyl halides is 1. The van der Waals surface area contributed by atoms with Crippen LogP contribution < -0.4 is 0 Å². The van der Waals surface area contributed by atoms with Crippen LogP contribution in [0, 0.1) is 0 Å². The first-order valence-electron chi connectivity index (χ1n) is 10.0. The number of aliphatic hydroxyl groups excluding tert-OH is 1. The van der Waals surface area contributed by atoms with Gasteiger partial charge in [0.25, 0.3) is 0 Å². The average molecular weight is 481 g/mol. The van der Waals surface area contributed by atoms with E-state index in [1.54, 1.807) is 35.4 Å². The lowest BCUT2D eigenvalue weighted by Gasteiger charge is -2.38. The summed E-state index contributed by atoms with van der Waals surface area (Å²) in [6.45, 7) is 7.61. The maximum absolute atomic E-state index is 14.6. The van der Waals surface area contributed by atoms with Gasteiger partial charge in [-0.15, -0.1) is 0 Å². The minimum absolute atomic E-state index is 0.0262. The van der Waals surface area contributed by atoms with Crippen molar-refractivity contribution >= 4 is 29.4 Å². The standard InChI is InChI=1S/C20H30FO6PS2/c1-14-18(21)20(4)17(26-14)13-25-28(23,27-20)24-12-9-15-7-5-6-8-16(15)29-30-19(2,3)10-11-22/h5-8,14,17-18,22H,9-13H2,1-4H3/t14?,17-,18+,20-,28?/m1/s1. The zero-order chi connectivity index (χ0) is 22.0. The van der Waals surface area contributed by atoms with E-state index in [2.05, 4.69) is 13.8 Å². The Morgan fingerprint density at radius 1 is 1.40 bits per heavy atom. The predicted molar refractivity (Wildman–Crippen MR) is 118 cm³/mol. The third-order valence-corrected chi connectivity index (χ3v) is 10.4. The monoisotopic (exact) mass is 480 g/mol. The van der Waals surface area contributed by atoms with Gasteiger partial charge in [0.05, 0.1) is 19.3 Å². The first-order chi connectivity index (χ1) is 14.1. The van der Waals surface area contributed by atoms with E-state index in [9.17, 15) is 14.1 Å². The number of fused-ring (bicyclic) bond motifs is 1. The van der Waals surface area contributed by atoms with Crippen LogP contribution in [0.2, 0.25) is 0 Å². The highest BCUT2D eigenvalue weighted by molar-refractivity contribution is 8.77. The molecule has 0 radical (unpaired) electrons. The summed E-state index contributed by atoms with van der Waals surface area (Å²) in [5.74, 6) is 0. The summed E-state index contributed by atoms with van der Waals surface area (Å²) in [4.78, 5) is 1.08. The van der Waals surface area contributed by atoms with Gasteiger partial charge in [0.2, 0.25) is 0 Å². The Morgan fingerprint density at radius 3 is 2.87 bits per heavy atom. The zero-order valence-corrected chi connectivity index (χ0v) is 20.2. The van der Waals surface area contributed by atoms with Gasteiger partial charge in [-0.3, -0.25) is 13.6 Å². The highest BCUT2D eigenvalue weighted by Crippen LogP contribution is 2.60. The van der Waals surface area contributed by atoms with Crippen LogP contribution in [-0.2, 0) is 29.3 Å². The van der Waals surface area contributed by atoms with Crippen molar-refractivity contribution in [1.82, 2.24) is 0 Å². The second-order valence-electron chi connectivity index (χ2n) is 8.34. The lowest BCUT2D eigenvalue weighted by Crippen LogP contribution is -2.49. The van der Waals surface area contributed by atoms with E-state index in [0.29, 0.717) is 12.8 Å². The van der Waals surface area contributed by atoms with Crippen molar-refractivity contribution in [3.8, 4) is 0 Å². The largest absolute Gasteiger partial charge is 0.475 e. The molecule has 2 heterocycles. The van der Waals surface area contributed by atoms with Gasteiger partial charge in [0.1, 0.15) is 11.7 Å². The number of aliphatic hydroxyl groups is 1. The molecule has 1 aromatic rings. The summed E-state index contributed by atoms with van der Waals surface area (Å²) in [7, 11) is -0.534. The Labute approximate surface area is 185 Å². The molecule has 30 heavy (non-hydrogen) atoms. The molecule has 0 bridgehead atoms. The van der Waals surface area contributed by atoms with Crippen LogP contribution in [0.5, 0.6) is 0 Å². The normalized spacial score (nSPS) is 34.1. The highest BCUT2D eigenvalue weighted by Gasteiger charge is 2.61. The maximum Gasteiger partial charge on any atom is 0.475 e. The topological polar surface area (TPSA) is 74.2 Å². The Balaban J connectivity index is 1.57. The maximum atomic E-state index is 14.6. The van der Waals surface area contributed by atoms with E-state index in [1.165, 1.54) is 0 Å². The SMILES string of the molecule is CC1O[C@@H]2COP(=O)(OCCc3ccccc3SSC(C)(C)CCO)O[C@@]2(C)[C@H]1F. The van der Waals surface area contributed by atoms with Crippen LogP contribution in [0.4, 0.5) is 4.39 Å². The molecule has 1 aromatic carbocycles. The molecule has 6 nitrogen and oxygen atoms in total. The van der Waals surface area contributed by atoms with E-state index in [0.717, 1.165) is 10.5 Å². The summed E-state index contributed by atoms with van der Waals surface area (Å²) >= 11 is 0. The second-order valence-corrected chi connectivity index (χ2v) is 12.8. The van der Waals surface area contributed by atoms with Gasteiger partial charge >= 0.3 is 7.82 Å². The van der Waals surface area contributed by atoms with Gasteiger partial charge in [-0.2, -0.15) is 0 Å². The molecule has 2 saturated heterocycles. The van der Waals surface area contributed by atoms with Crippen LogP contribution in [0.15, 0.2) is 29.2 Å². The minimum Gasteiger partial charge on any atom is -0.396 e. The average Bonchev–Trinajstić information content (AvgIpc) is 2.90. The molecule has 3 rings (SSSR count). The number of ether oxygens (including phenoxy) is 1. The number of phosphoric ester groups is 1. The molecule has 2 fully saturated rings. The molecule has 0 amide bonds. The number of hydrogen-bond donors (Lipinski definition) is 1. The van der Waals surface area contributed by atoms with Gasteiger partial charge < -0.3 is 9.84 Å². The quantitative estimate of drug-likeness (QED) is 0.383. The number of hydrogen-bond acceptors (Lipinski definition) is 8. The van der Waals surface area contributed by atoms with Gasteiger partial charge in [-0.25, -0.2) is 8.96 Å². The van der Waals surface area contributed by atoms with E-state index < -0.39 is 31.8 Å². The summed E-state index contributed by atoms with van der Waals surface area (Å²) in [6.07, 6.45) is -1.45. The summed E-state index contributed by atoms with van der Waals surface area (Å²) in [5, 5.41) is 9.20. The fourth-order valence-corrected chi connectivity index (χ4v) is 7.54. The molecule has 1 N–H and O–H groups in total. The minimum atomic E-state index is -3.88. The molecule has 2 aliphatic heterocycles. The van der Waals surface area contributed by atoms with Crippen molar-refractivity contribution in [2.45, 2.75) is 74.2 Å². The summed E-state index contributed by atoms with van der Waals surface area (Å²) in [6, 6.07) is 7.92. The third kappa shape index (κ3) is 5.62. The molecule has 0 aliphatic carbocycles. The van der Waals surface area contributed by atoms with E-state index in [4.69, 9.17) is 18.3 Å². The Morgan fingerprint density at radius 2 is 2.13 bits per heavy atom. The van der Waals surface area contributed by atoms with Crippen molar-refractivity contribution < 1.29 is 32.4 Å². The first kappa shape index (κ1) is 24.5. The summed E-state index contributed by atoms with van der Waals surface area (Å²) in [5.41, 5.74) is -0.292. The third-order valence-electron chi connectivity index (χ3n) is 5.33. The van der Waals surface area contributed by atoms with Crippen LogP contribution in [0.25, 0.3) is 0 Å². The number of benzene rings is 1. The van der Waals surface area contributed by atoms with Crippen LogP contribution in [0.1, 0.15) is 39.7 Å². The molecule has 2 aliphatic rings. The van der Waals surface area contributed by atoms with Crippen molar-refractivity contribution in [3.63, 3.8) is 0 Å². The first-order valence-corrected chi connectivity index (χ1v) is 13.6. The number of phosphoric acid groups is 1. The zero-order valence-electron chi connectivity index (χ0n) is 17.7. The molecule has 0 spiro atoms. The Hall–Kier alpha value is -0.120. The highest BCUT2D eigenvalue weighted by atomic mass is 33.1. The fourth-order valence-electron chi connectivity index (χ4n) is 3.44. The van der Waals surface area contributed by atoms with Gasteiger partial charge in [0.15, 0.2) is 6.17 Å². The molecule has 0 saturated carbocycles. The predicted octanol–water partition coefficient (Wildman–Crippen LogP) is 5.19. The van der Waals surface area contributed by atoms with Crippen LogP contribution >= 0.6 is 29.4 Å². The molecule has 0 aromatic heterocycles. The van der Waals surface area contributed by atoms with E-state index in [-0.39, 0.29) is 24.6 Å². The molecule has 5 atom stereocenters. The van der Waals surface area contributed by atoms with Crippen LogP contribution in [-0.4, -0.2) is 53.7 Å². The van der Waals surface area contributed by atoms with E-state index in [1.807, 2.05) is 24.3 Å². The summed E-state index contributed by atoms with van der Waals surface area (Å²) < 4.78 is 49.3. The number of halogens is 1. The van der Waals surface area contributed by atoms with E-state index >= 15 is 0 Å². The lowest BCUT2D eigenvalue weighted by atomic mass is 9.95. The van der Waals surface area contributed by atoms with Crippen molar-refractivity contribution in [3.05, 3.63) is 29.8 Å². The van der Waals surface area contributed by atoms with Crippen molar-refractivity contribution in [2.75, 3.05) is 19.8 Å². The number of rotatable bonds is 9. The van der Waals surface area contributed by atoms with Crippen molar-refractivity contribution in [1.29, 1.82) is 0 Å². The van der Waals surface area contributed by atoms with Crippen LogP contribution in [0.3, 0.4) is 0 Å². The smallest absolute Gasteiger partial charge is 0.396 e. The second kappa shape index (κ2) is 9.79. The van der Waals surface area contributed by atoms with Gasteiger partial charge in [-0.05, 0) is 52.2 Å². The molecule has 10 heteroatoms. The van der Waals surface area contributed by atoms with Gasteiger partial charge in [0, 0.05) is 16.2 Å². The molecule has 2 unspecified atom stereocenters. The van der Waals surface area contributed by atoms with Crippen molar-refractivity contribution in [2.24, 2.45) is 0 Å². The molecule has 170 valence electrons. The Kier molecular flexibility index (Phi) is 8.00. The molecular formula is C20H30FO6PS2. The lowest BCUT2D eigenvalue weighted by molar-refractivity contribution is -0.105. The Bertz CT molecular complexity index is 781. The van der Waals surface area contributed by atoms with Gasteiger partial charge in [-0.1, -0.05) is 39.8 Å².